The van der Waals surface area contributed by atoms with Crippen LogP contribution in [0.2, 0.25) is 0 Å². The number of para-hydroxylation sites is 2. The number of hydrogen-bond donors (Lipinski definition) is 1. The second-order valence-corrected chi connectivity index (χ2v) is 4.80. The van der Waals surface area contributed by atoms with Gasteiger partial charge in [-0.15, -0.1) is 5.10 Å². The molecular weight excluding hydrogens is 310 g/mol. The van der Waals surface area contributed by atoms with Gasteiger partial charge in [0.25, 0.3) is 5.91 Å². The Morgan fingerprint density at radius 2 is 1.88 bits per heavy atom. The molecule has 24 heavy (non-hydrogen) atoms. The van der Waals surface area contributed by atoms with Crippen LogP contribution in [0.1, 0.15) is 10.4 Å². The minimum atomic E-state index is -0.281. The Labute approximate surface area is 138 Å². The third-order valence-electron chi connectivity index (χ3n) is 3.39. The molecule has 3 rings (SSSR count). The Bertz CT molecular complexity index is 849. The van der Waals surface area contributed by atoms with Crippen molar-refractivity contribution in [3.63, 3.8) is 0 Å². The number of anilines is 1. The quantitative estimate of drug-likeness (QED) is 0.771. The molecule has 1 aromatic heterocycles. The molecule has 0 saturated heterocycles. The second kappa shape index (κ2) is 6.78. The number of tetrazole rings is 1. The lowest BCUT2D eigenvalue weighted by Crippen LogP contribution is -2.14. The van der Waals surface area contributed by atoms with Crippen LogP contribution in [-0.2, 0) is 0 Å². The number of hydrogen-bond acceptors (Lipinski definition) is 6. The maximum absolute atomic E-state index is 12.5. The number of nitrogens with one attached hydrogen (secondary N) is 1. The number of benzene rings is 2. The predicted octanol–water partition coefficient (Wildman–Crippen LogP) is 1.93. The zero-order valence-electron chi connectivity index (χ0n) is 13.1. The lowest BCUT2D eigenvalue weighted by atomic mass is 10.1. The summed E-state index contributed by atoms with van der Waals surface area (Å²) in [6, 6.07) is 12.2. The van der Waals surface area contributed by atoms with Gasteiger partial charge in [0, 0.05) is 5.56 Å². The first-order chi connectivity index (χ1) is 11.7. The van der Waals surface area contributed by atoms with Crippen molar-refractivity contribution < 1.29 is 14.3 Å². The number of ether oxygens (including phenoxy) is 2. The maximum atomic E-state index is 12.5. The van der Waals surface area contributed by atoms with Gasteiger partial charge in [-0.25, -0.2) is 0 Å². The predicted molar refractivity (Wildman–Crippen MR) is 86.7 cm³/mol. The summed E-state index contributed by atoms with van der Waals surface area (Å²) in [7, 11) is 3.06. The molecule has 0 fully saturated rings. The topological polar surface area (TPSA) is 91.2 Å². The summed E-state index contributed by atoms with van der Waals surface area (Å²) in [6.07, 6.45) is 1.46. The number of carbonyl (C=O) groups excluding carboxylic acids is 1. The lowest BCUT2D eigenvalue weighted by molar-refractivity contribution is 0.102. The van der Waals surface area contributed by atoms with Crippen LogP contribution < -0.4 is 14.8 Å². The number of carbonyl (C=O) groups is 1. The molecule has 1 amide bonds. The van der Waals surface area contributed by atoms with Gasteiger partial charge in [-0.3, -0.25) is 4.79 Å². The van der Waals surface area contributed by atoms with Crippen LogP contribution in [0.4, 0.5) is 5.69 Å². The summed E-state index contributed by atoms with van der Waals surface area (Å²) < 4.78 is 11.9. The van der Waals surface area contributed by atoms with Crippen LogP contribution in [0.5, 0.6) is 11.5 Å². The molecule has 1 N–H and O–H groups in total. The van der Waals surface area contributed by atoms with Crippen LogP contribution in [0.25, 0.3) is 5.69 Å². The average molecular weight is 325 g/mol. The number of amides is 1. The molecule has 0 spiro atoms. The van der Waals surface area contributed by atoms with E-state index in [1.165, 1.54) is 18.1 Å². The molecule has 0 aliphatic carbocycles. The molecule has 8 heteroatoms. The van der Waals surface area contributed by atoms with E-state index in [-0.39, 0.29) is 5.91 Å². The van der Waals surface area contributed by atoms with Gasteiger partial charge in [0.2, 0.25) is 0 Å². The zero-order valence-corrected chi connectivity index (χ0v) is 13.1. The van der Waals surface area contributed by atoms with Crippen LogP contribution in [0, 0.1) is 0 Å². The molecule has 0 saturated carbocycles. The van der Waals surface area contributed by atoms with Crippen molar-refractivity contribution in [1.82, 2.24) is 20.2 Å². The monoisotopic (exact) mass is 325 g/mol. The highest BCUT2D eigenvalue weighted by Crippen LogP contribution is 2.28. The number of methoxy groups -OCH3 is 2. The molecule has 0 bridgehead atoms. The van der Waals surface area contributed by atoms with Crippen molar-refractivity contribution in [1.29, 1.82) is 0 Å². The van der Waals surface area contributed by atoms with E-state index in [0.29, 0.717) is 28.4 Å². The van der Waals surface area contributed by atoms with Crippen molar-refractivity contribution in [3.05, 3.63) is 54.4 Å². The van der Waals surface area contributed by atoms with Crippen molar-refractivity contribution in [2.75, 3.05) is 19.5 Å². The van der Waals surface area contributed by atoms with E-state index in [1.54, 1.807) is 37.4 Å². The highest BCUT2D eigenvalue weighted by atomic mass is 16.5. The Hall–Kier alpha value is -3.42. The Morgan fingerprint density at radius 3 is 2.58 bits per heavy atom. The molecule has 0 atom stereocenters. The van der Waals surface area contributed by atoms with Gasteiger partial charge in [-0.05, 0) is 40.8 Å². The number of aromatic nitrogens is 4. The molecule has 122 valence electrons. The van der Waals surface area contributed by atoms with Crippen LogP contribution in [0.3, 0.4) is 0 Å². The molecule has 0 unspecified atom stereocenters. The normalized spacial score (nSPS) is 10.2. The van der Waals surface area contributed by atoms with Gasteiger partial charge in [0.15, 0.2) is 11.5 Å². The van der Waals surface area contributed by atoms with Gasteiger partial charge >= 0.3 is 0 Å². The molecule has 0 aliphatic heterocycles. The summed E-state index contributed by atoms with van der Waals surface area (Å²) >= 11 is 0. The molecular formula is C16H15N5O3. The van der Waals surface area contributed by atoms with E-state index in [9.17, 15) is 4.79 Å². The Balaban J connectivity index is 1.88. The summed E-state index contributed by atoms with van der Waals surface area (Å²) in [6.45, 7) is 0. The van der Waals surface area contributed by atoms with E-state index < -0.39 is 0 Å². The van der Waals surface area contributed by atoms with Crippen LogP contribution >= 0.6 is 0 Å². The molecule has 8 nitrogen and oxygen atoms in total. The smallest absolute Gasteiger partial charge is 0.255 e. The fraction of sp³-hybridized carbons (Fsp3) is 0.125. The molecule has 2 aromatic carbocycles. The summed E-state index contributed by atoms with van der Waals surface area (Å²) in [5.74, 6) is 0.763. The molecule has 3 aromatic rings. The summed E-state index contributed by atoms with van der Waals surface area (Å²) in [4.78, 5) is 12.5. The van der Waals surface area contributed by atoms with Gasteiger partial charge in [-0.2, -0.15) is 4.68 Å². The fourth-order valence-electron chi connectivity index (χ4n) is 2.22. The first-order valence-corrected chi connectivity index (χ1v) is 7.08. The molecule has 0 aliphatic rings. The highest BCUT2D eigenvalue weighted by Gasteiger charge is 2.13. The second-order valence-electron chi connectivity index (χ2n) is 4.80. The third kappa shape index (κ3) is 3.02. The van der Waals surface area contributed by atoms with Crippen molar-refractivity contribution >= 4 is 11.6 Å². The van der Waals surface area contributed by atoms with Gasteiger partial charge in [0.1, 0.15) is 6.33 Å². The van der Waals surface area contributed by atoms with E-state index in [4.69, 9.17) is 9.47 Å². The highest BCUT2D eigenvalue weighted by molar-refractivity contribution is 6.05. The van der Waals surface area contributed by atoms with Gasteiger partial charge in [-0.1, -0.05) is 12.1 Å². The number of rotatable bonds is 5. The van der Waals surface area contributed by atoms with Gasteiger partial charge < -0.3 is 14.8 Å². The summed E-state index contributed by atoms with van der Waals surface area (Å²) in [5, 5.41) is 13.9. The first kappa shape index (κ1) is 15.5. The first-order valence-electron chi connectivity index (χ1n) is 7.08. The minimum Gasteiger partial charge on any atom is -0.493 e. The van der Waals surface area contributed by atoms with E-state index in [1.807, 2.05) is 12.1 Å². The SMILES string of the molecule is COc1ccc(C(=O)Nc2ccccc2-n2cnnn2)cc1OC. The molecule has 1 heterocycles. The fourth-order valence-corrected chi connectivity index (χ4v) is 2.22. The van der Waals surface area contributed by atoms with Crippen molar-refractivity contribution in [2.45, 2.75) is 0 Å². The third-order valence-corrected chi connectivity index (χ3v) is 3.39. The van der Waals surface area contributed by atoms with Crippen molar-refractivity contribution in [2.24, 2.45) is 0 Å². The largest absolute Gasteiger partial charge is 0.493 e. The maximum Gasteiger partial charge on any atom is 0.255 e. The van der Waals surface area contributed by atoms with Gasteiger partial charge in [0.05, 0.1) is 25.6 Å². The van der Waals surface area contributed by atoms with E-state index in [0.717, 1.165) is 0 Å². The average Bonchev–Trinajstić information content (AvgIpc) is 3.16. The van der Waals surface area contributed by atoms with Crippen LogP contribution in [0.15, 0.2) is 48.8 Å². The zero-order chi connectivity index (χ0) is 16.9. The Kier molecular flexibility index (Phi) is 4.37. The van der Waals surface area contributed by atoms with Crippen LogP contribution in [-0.4, -0.2) is 40.3 Å². The standard InChI is InChI=1S/C16H15N5O3/c1-23-14-8-7-11(9-15(14)24-2)16(22)18-12-5-3-4-6-13(12)21-10-17-19-20-21/h3-10H,1-2H3,(H,18,22). The summed E-state index contributed by atoms with van der Waals surface area (Å²) in [5.41, 5.74) is 1.69. The van der Waals surface area contributed by atoms with Crippen molar-refractivity contribution in [3.8, 4) is 17.2 Å². The van der Waals surface area contributed by atoms with E-state index in [2.05, 4.69) is 20.8 Å². The number of nitrogens with zero attached hydrogens (tertiary/aromatic N) is 4. The van der Waals surface area contributed by atoms with E-state index >= 15 is 0 Å². The lowest BCUT2D eigenvalue weighted by Gasteiger charge is -2.12. The Morgan fingerprint density at radius 1 is 1.08 bits per heavy atom. The minimum absolute atomic E-state index is 0.281. The molecule has 0 radical (unpaired) electrons.